The summed E-state index contributed by atoms with van der Waals surface area (Å²) in [6.45, 7) is 0. The van der Waals surface area contributed by atoms with E-state index in [4.69, 9.17) is 46.4 Å². The maximum absolute atomic E-state index is 5.62. The van der Waals surface area contributed by atoms with Crippen LogP contribution in [0.15, 0.2) is 16.1 Å². The van der Waals surface area contributed by atoms with Crippen LogP contribution in [0.5, 0.6) is 0 Å². The van der Waals surface area contributed by atoms with Gasteiger partial charge < -0.3 is 0 Å². The highest BCUT2D eigenvalue weighted by Gasteiger charge is 2.06. The molecule has 0 aromatic carbocycles. The van der Waals surface area contributed by atoms with Gasteiger partial charge in [-0.05, 0) is 45.2 Å². The van der Waals surface area contributed by atoms with Crippen molar-refractivity contribution < 1.29 is 0 Å². The molecule has 0 heterocycles. The van der Waals surface area contributed by atoms with Crippen LogP contribution in [0.2, 0.25) is 0 Å². The van der Waals surface area contributed by atoms with Gasteiger partial charge in [-0.15, -0.1) is 0 Å². The molecule has 0 aromatic heterocycles. The van der Waals surface area contributed by atoms with Crippen LogP contribution < -0.4 is 0 Å². The Labute approximate surface area is 106 Å². The maximum atomic E-state index is 5.62. The number of halogens is 6. The number of hydrogen-bond acceptors (Lipinski definition) is 0. The largest absolute Gasteiger partial charge is 0.0990 e. The van der Waals surface area contributed by atoms with Crippen molar-refractivity contribution in [3.63, 3.8) is 0 Å². The Morgan fingerprint density at radius 3 is 1.00 bits per heavy atom. The fourth-order valence-electron chi connectivity index (χ4n) is 0.166. The van der Waals surface area contributed by atoms with Crippen molar-refractivity contribution in [2.45, 2.75) is 0 Å². The van der Waals surface area contributed by atoms with E-state index in [0.717, 1.165) is 0 Å². The maximum Gasteiger partial charge on any atom is 0.0990 e. The monoisotopic (exact) mass is 442 g/mol. The van der Waals surface area contributed by atoms with E-state index in [1.807, 2.05) is 45.2 Å². The van der Waals surface area contributed by atoms with E-state index >= 15 is 0 Å². The molecule has 6 heteroatoms. The van der Waals surface area contributed by atoms with Gasteiger partial charge in [0.2, 0.25) is 0 Å². The molecular formula is C4Cl4I2. The van der Waals surface area contributed by atoms with Gasteiger partial charge in [0.1, 0.15) is 0 Å². The summed E-state index contributed by atoms with van der Waals surface area (Å²) >= 11 is 26.0. The van der Waals surface area contributed by atoms with E-state index in [2.05, 4.69) is 0 Å². The number of rotatable bonds is 1. The average Bonchev–Trinajstić information content (AvgIpc) is 1.84. The Morgan fingerprint density at radius 2 is 0.900 bits per heavy atom. The summed E-state index contributed by atoms with van der Waals surface area (Å²) in [6, 6.07) is 0. The molecule has 10 heavy (non-hydrogen) atoms. The first-order chi connectivity index (χ1) is 4.46. The molecule has 0 radical (unpaired) electrons. The van der Waals surface area contributed by atoms with Gasteiger partial charge in [-0.3, -0.25) is 0 Å². The lowest BCUT2D eigenvalue weighted by Gasteiger charge is -1.95. The highest BCUT2D eigenvalue weighted by molar-refractivity contribution is 14.1. The first kappa shape index (κ1) is 12.1. The van der Waals surface area contributed by atoms with Crippen molar-refractivity contribution in [1.82, 2.24) is 0 Å². The van der Waals surface area contributed by atoms with Gasteiger partial charge in [0, 0.05) is 0 Å². The second-order valence-electron chi connectivity index (χ2n) is 1.15. The minimum atomic E-state index is 0.281. The Hall–Kier alpha value is 2.10. The molecule has 0 spiro atoms. The fraction of sp³-hybridized carbons (Fsp3) is 0. The smallest absolute Gasteiger partial charge is 0.0805 e. The van der Waals surface area contributed by atoms with Crippen LogP contribution >= 0.6 is 91.6 Å². The van der Waals surface area contributed by atoms with Gasteiger partial charge in [-0.25, -0.2) is 0 Å². The van der Waals surface area contributed by atoms with Crippen LogP contribution in [0, 0.1) is 0 Å². The zero-order chi connectivity index (χ0) is 8.31. The van der Waals surface area contributed by atoms with Gasteiger partial charge in [-0.2, -0.15) is 0 Å². The summed E-state index contributed by atoms with van der Waals surface area (Å²) < 4.78 is 0.804. The quantitative estimate of drug-likeness (QED) is 0.388. The lowest BCUT2D eigenvalue weighted by molar-refractivity contribution is 1.88. The molecule has 0 aliphatic rings. The van der Waals surface area contributed by atoms with Crippen LogP contribution in [-0.4, -0.2) is 0 Å². The highest BCUT2D eigenvalue weighted by Crippen LogP contribution is 2.34. The summed E-state index contributed by atoms with van der Waals surface area (Å²) in [5, 5.41) is 0.562. The lowest BCUT2D eigenvalue weighted by atomic mass is 10.6. The van der Waals surface area contributed by atoms with E-state index in [9.17, 15) is 0 Å². The molecule has 0 unspecified atom stereocenters. The van der Waals surface area contributed by atoms with E-state index in [1.165, 1.54) is 0 Å². The Morgan fingerprint density at radius 1 is 0.700 bits per heavy atom. The minimum Gasteiger partial charge on any atom is -0.0805 e. The summed E-state index contributed by atoms with van der Waals surface area (Å²) in [4.78, 5) is 0. The van der Waals surface area contributed by atoms with Gasteiger partial charge in [0.25, 0.3) is 0 Å². The van der Waals surface area contributed by atoms with Crippen LogP contribution in [0.3, 0.4) is 0 Å². The van der Waals surface area contributed by atoms with Crippen molar-refractivity contribution in [3.8, 4) is 0 Å². The first-order valence-corrected chi connectivity index (χ1v) is 5.55. The van der Waals surface area contributed by atoms with Gasteiger partial charge >= 0.3 is 0 Å². The minimum absolute atomic E-state index is 0.281. The second kappa shape index (κ2) is 5.70. The Balaban J connectivity index is 4.71. The predicted octanol–water partition coefficient (Wildman–Crippen LogP) is 5.15. The fourth-order valence-corrected chi connectivity index (χ4v) is 1.50. The van der Waals surface area contributed by atoms with Crippen LogP contribution in [-0.2, 0) is 0 Å². The number of allylic oxidation sites excluding steroid dienone is 2. The van der Waals surface area contributed by atoms with Crippen LogP contribution in [0.4, 0.5) is 0 Å². The molecule has 0 fully saturated rings. The van der Waals surface area contributed by atoms with Gasteiger partial charge in [0.05, 0.1) is 16.1 Å². The summed E-state index contributed by atoms with van der Waals surface area (Å²) in [5.74, 6) is 0. The summed E-state index contributed by atoms with van der Waals surface area (Å²) in [7, 11) is 0. The average molecular weight is 444 g/mol. The first-order valence-electron chi connectivity index (χ1n) is 1.88. The van der Waals surface area contributed by atoms with E-state index in [0.29, 0.717) is 6.08 Å². The second-order valence-corrected chi connectivity index (χ2v) is 6.09. The molecule has 0 bridgehead atoms. The standard InChI is InChI=1S/C4Cl4I2/c5-1(3(7)9)2(6)4(8)10/b3-1-,4-2+. The molecule has 0 saturated heterocycles. The third-order valence-electron chi connectivity index (χ3n) is 0.525. The SMILES string of the molecule is Cl/C(I)=C(Cl)\C(Cl)=C(\Cl)I. The molecule has 0 aromatic rings. The van der Waals surface area contributed by atoms with Gasteiger partial charge in [-0.1, -0.05) is 46.4 Å². The molecule has 0 rings (SSSR count). The highest BCUT2D eigenvalue weighted by atomic mass is 127. The molecule has 0 saturated carbocycles. The molecule has 0 aliphatic heterocycles. The summed E-state index contributed by atoms with van der Waals surface area (Å²) in [5.41, 5.74) is 0. The molecule has 0 aliphatic carbocycles. The predicted molar refractivity (Wildman–Crippen MR) is 65.5 cm³/mol. The van der Waals surface area contributed by atoms with E-state index in [-0.39, 0.29) is 10.1 Å². The zero-order valence-corrected chi connectivity index (χ0v) is 11.6. The summed E-state index contributed by atoms with van der Waals surface area (Å²) in [6.07, 6.45) is 0. The number of hydrogen-bond donors (Lipinski definition) is 0. The van der Waals surface area contributed by atoms with Crippen molar-refractivity contribution in [1.29, 1.82) is 0 Å². The topological polar surface area (TPSA) is 0 Å². The Bertz CT molecular complexity index is 165. The van der Waals surface area contributed by atoms with Crippen molar-refractivity contribution in [2.75, 3.05) is 0 Å². The molecule has 0 nitrogen and oxygen atoms in total. The molecule has 58 valence electrons. The zero-order valence-electron chi connectivity index (χ0n) is 4.27. The van der Waals surface area contributed by atoms with Crippen LogP contribution in [0.25, 0.3) is 0 Å². The van der Waals surface area contributed by atoms with Crippen LogP contribution in [0.1, 0.15) is 0 Å². The Kier molecular flexibility index (Phi) is 6.89. The lowest BCUT2D eigenvalue weighted by Crippen LogP contribution is -1.72. The molecule has 0 N–H and O–H groups in total. The van der Waals surface area contributed by atoms with Gasteiger partial charge in [0.15, 0.2) is 0 Å². The third kappa shape index (κ3) is 4.21. The molecular weight excluding hydrogens is 444 g/mol. The van der Waals surface area contributed by atoms with E-state index < -0.39 is 0 Å². The third-order valence-corrected chi connectivity index (χ3v) is 3.67. The van der Waals surface area contributed by atoms with E-state index in [1.54, 1.807) is 0 Å². The normalized spacial score (nSPS) is 16.2. The molecule has 0 atom stereocenters. The molecule has 0 amide bonds. The van der Waals surface area contributed by atoms with Crippen molar-refractivity contribution in [2.24, 2.45) is 0 Å². The van der Waals surface area contributed by atoms with Crippen molar-refractivity contribution >= 4 is 91.6 Å². The van der Waals surface area contributed by atoms with Crippen molar-refractivity contribution in [3.05, 3.63) is 16.1 Å².